The van der Waals surface area contributed by atoms with Gasteiger partial charge in [0.1, 0.15) is 0 Å². The zero-order chi connectivity index (χ0) is 15.8. The molecule has 1 atom stereocenters. The van der Waals surface area contributed by atoms with Crippen LogP contribution in [0.25, 0.3) is 0 Å². The Morgan fingerprint density at radius 2 is 1.91 bits per heavy atom. The molecule has 1 aromatic rings. The summed E-state index contributed by atoms with van der Waals surface area (Å²) < 4.78 is 26.7. The fraction of sp³-hybridized carbons (Fsp3) is 0.538. The Labute approximate surface area is 136 Å². The molecule has 0 aliphatic carbocycles. The average Bonchev–Trinajstić information content (AvgIpc) is 2.90. The van der Waals surface area contributed by atoms with Crippen molar-refractivity contribution in [2.24, 2.45) is 0 Å². The molecule has 9 heteroatoms. The van der Waals surface area contributed by atoms with Crippen LogP contribution < -0.4 is 5.32 Å². The largest absolute Gasteiger partial charge is 0.316 e. The molecule has 7 nitrogen and oxygen atoms in total. The van der Waals surface area contributed by atoms with Gasteiger partial charge in [-0.1, -0.05) is 0 Å². The predicted molar refractivity (Wildman–Crippen MR) is 86.0 cm³/mol. The Hall–Kier alpha value is -1.22. The maximum atomic E-state index is 12.7. The number of aryl methyl sites for hydroxylation is 2. The van der Waals surface area contributed by atoms with E-state index in [1.165, 1.54) is 16.4 Å². The van der Waals surface area contributed by atoms with Gasteiger partial charge in [-0.3, -0.25) is 10.1 Å². The second kappa shape index (κ2) is 6.91. The van der Waals surface area contributed by atoms with Crippen LogP contribution in [0.5, 0.6) is 0 Å². The normalized spacial score (nSPS) is 19.0. The highest BCUT2D eigenvalue weighted by atomic mass is 35.5. The van der Waals surface area contributed by atoms with Gasteiger partial charge in [-0.2, -0.15) is 4.31 Å². The van der Waals surface area contributed by atoms with Gasteiger partial charge in [0, 0.05) is 25.2 Å². The SMILES string of the molecule is CNC1CCN(S(=O)(=O)c2cc(C)c(C)cc2[N+](=O)[O-])C1.Cl. The van der Waals surface area contributed by atoms with Crippen molar-refractivity contribution in [1.29, 1.82) is 0 Å². The van der Waals surface area contributed by atoms with Gasteiger partial charge in [-0.05, 0) is 44.5 Å². The summed E-state index contributed by atoms with van der Waals surface area (Å²) >= 11 is 0. The number of nitrogens with one attached hydrogen (secondary N) is 1. The summed E-state index contributed by atoms with van der Waals surface area (Å²) in [4.78, 5) is 10.3. The number of halogens is 1. The van der Waals surface area contributed by atoms with E-state index in [1.807, 2.05) is 0 Å². The van der Waals surface area contributed by atoms with Crippen molar-refractivity contribution in [3.05, 3.63) is 33.4 Å². The van der Waals surface area contributed by atoms with Gasteiger partial charge in [-0.25, -0.2) is 8.42 Å². The molecule has 1 aliphatic heterocycles. The lowest BCUT2D eigenvalue weighted by Gasteiger charge is -2.17. The molecule has 1 N–H and O–H groups in total. The third kappa shape index (κ3) is 3.40. The van der Waals surface area contributed by atoms with Crippen molar-refractivity contribution in [3.8, 4) is 0 Å². The van der Waals surface area contributed by atoms with Crippen LogP contribution in [-0.2, 0) is 10.0 Å². The molecule has 0 bridgehead atoms. The van der Waals surface area contributed by atoms with Crippen LogP contribution in [0.4, 0.5) is 5.69 Å². The first-order chi connectivity index (χ1) is 9.77. The Kier molecular flexibility index (Phi) is 5.91. The van der Waals surface area contributed by atoms with E-state index >= 15 is 0 Å². The van der Waals surface area contributed by atoms with E-state index in [2.05, 4.69) is 5.32 Å². The van der Waals surface area contributed by atoms with E-state index < -0.39 is 14.9 Å². The standard InChI is InChI=1S/C13H19N3O4S.ClH/c1-9-6-12(16(17)18)13(7-10(9)2)21(19,20)15-5-4-11(8-15)14-3;/h6-7,11,14H,4-5,8H2,1-3H3;1H. The summed E-state index contributed by atoms with van der Waals surface area (Å²) in [5.74, 6) is 0. The maximum absolute atomic E-state index is 12.7. The van der Waals surface area contributed by atoms with Crippen LogP contribution in [-0.4, -0.2) is 43.8 Å². The van der Waals surface area contributed by atoms with Crippen molar-refractivity contribution >= 4 is 28.1 Å². The van der Waals surface area contributed by atoms with Gasteiger partial charge in [0.05, 0.1) is 4.92 Å². The quantitative estimate of drug-likeness (QED) is 0.658. The highest BCUT2D eigenvalue weighted by Gasteiger charge is 2.36. The van der Waals surface area contributed by atoms with E-state index in [1.54, 1.807) is 20.9 Å². The van der Waals surface area contributed by atoms with Gasteiger partial charge < -0.3 is 5.32 Å². The van der Waals surface area contributed by atoms with Crippen molar-refractivity contribution in [2.45, 2.75) is 31.2 Å². The molecule has 0 spiro atoms. The Morgan fingerprint density at radius 3 is 2.41 bits per heavy atom. The van der Waals surface area contributed by atoms with E-state index in [-0.39, 0.29) is 29.0 Å². The Morgan fingerprint density at radius 1 is 1.32 bits per heavy atom. The lowest BCUT2D eigenvalue weighted by molar-refractivity contribution is -0.387. The molecule has 1 unspecified atom stereocenters. The third-order valence-corrected chi connectivity index (χ3v) is 5.84. The zero-order valence-corrected chi connectivity index (χ0v) is 14.3. The maximum Gasteiger partial charge on any atom is 0.289 e. The van der Waals surface area contributed by atoms with Crippen molar-refractivity contribution in [1.82, 2.24) is 9.62 Å². The first-order valence-corrected chi connectivity index (χ1v) is 8.14. The molecule has 1 saturated heterocycles. The van der Waals surface area contributed by atoms with Crippen LogP contribution in [0.15, 0.2) is 17.0 Å². The Balaban J connectivity index is 0.00000242. The van der Waals surface area contributed by atoms with Crippen molar-refractivity contribution < 1.29 is 13.3 Å². The molecule has 0 saturated carbocycles. The van der Waals surface area contributed by atoms with Crippen LogP contribution in [0, 0.1) is 24.0 Å². The van der Waals surface area contributed by atoms with Crippen molar-refractivity contribution in [3.63, 3.8) is 0 Å². The van der Waals surface area contributed by atoms with Gasteiger partial charge in [0.15, 0.2) is 4.90 Å². The van der Waals surface area contributed by atoms with Gasteiger partial charge in [0.25, 0.3) is 5.69 Å². The zero-order valence-electron chi connectivity index (χ0n) is 12.7. The second-order valence-electron chi connectivity index (χ2n) is 5.30. The molecule has 0 aromatic heterocycles. The monoisotopic (exact) mass is 349 g/mol. The topological polar surface area (TPSA) is 92.6 Å². The average molecular weight is 350 g/mol. The number of hydrogen-bond acceptors (Lipinski definition) is 5. The van der Waals surface area contributed by atoms with Crippen LogP contribution in [0.2, 0.25) is 0 Å². The number of nitro benzene ring substituents is 1. The summed E-state index contributed by atoms with van der Waals surface area (Å²) in [5, 5.41) is 14.2. The lowest BCUT2D eigenvalue weighted by Crippen LogP contribution is -2.33. The highest BCUT2D eigenvalue weighted by Crippen LogP contribution is 2.31. The minimum Gasteiger partial charge on any atom is -0.316 e. The first-order valence-electron chi connectivity index (χ1n) is 6.70. The number of hydrogen-bond donors (Lipinski definition) is 1. The molecule has 0 radical (unpaired) electrons. The minimum absolute atomic E-state index is 0. The smallest absolute Gasteiger partial charge is 0.289 e. The van der Waals surface area contributed by atoms with E-state index in [0.29, 0.717) is 25.1 Å². The van der Waals surface area contributed by atoms with Gasteiger partial charge >= 0.3 is 0 Å². The fourth-order valence-corrected chi connectivity index (χ4v) is 4.17. The van der Waals surface area contributed by atoms with Crippen molar-refractivity contribution in [2.75, 3.05) is 20.1 Å². The molecule has 22 heavy (non-hydrogen) atoms. The number of likely N-dealkylation sites (N-methyl/N-ethyl adjacent to an activating group) is 1. The number of nitrogens with zero attached hydrogens (tertiary/aromatic N) is 2. The summed E-state index contributed by atoms with van der Waals surface area (Å²) in [7, 11) is -2.07. The van der Waals surface area contributed by atoms with E-state index in [9.17, 15) is 18.5 Å². The molecular weight excluding hydrogens is 330 g/mol. The number of benzene rings is 1. The Bertz CT molecular complexity index is 678. The predicted octanol–water partition coefficient (Wildman–Crippen LogP) is 1.62. The molecule has 2 rings (SSSR count). The van der Waals surface area contributed by atoms with E-state index in [4.69, 9.17) is 0 Å². The fourth-order valence-electron chi connectivity index (χ4n) is 2.44. The van der Waals surface area contributed by atoms with Crippen LogP contribution >= 0.6 is 12.4 Å². The van der Waals surface area contributed by atoms with Crippen LogP contribution in [0.1, 0.15) is 17.5 Å². The molecule has 0 amide bonds. The highest BCUT2D eigenvalue weighted by molar-refractivity contribution is 7.89. The molecule has 1 fully saturated rings. The summed E-state index contributed by atoms with van der Waals surface area (Å²) in [6.45, 7) is 4.19. The number of sulfonamides is 1. The minimum atomic E-state index is -3.84. The first kappa shape index (κ1) is 18.8. The van der Waals surface area contributed by atoms with E-state index in [0.717, 1.165) is 5.56 Å². The number of rotatable bonds is 4. The second-order valence-corrected chi connectivity index (χ2v) is 7.20. The summed E-state index contributed by atoms with van der Waals surface area (Å²) in [6, 6.07) is 2.81. The third-order valence-electron chi connectivity index (χ3n) is 3.95. The molecule has 1 aliphatic rings. The molecule has 1 heterocycles. The molecule has 1 aromatic carbocycles. The molecular formula is C13H20ClN3O4S. The van der Waals surface area contributed by atoms with Gasteiger partial charge in [-0.15, -0.1) is 12.4 Å². The summed E-state index contributed by atoms with van der Waals surface area (Å²) in [6.07, 6.45) is 0.703. The lowest BCUT2D eigenvalue weighted by atomic mass is 10.1. The van der Waals surface area contributed by atoms with Crippen LogP contribution in [0.3, 0.4) is 0 Å². The molecule has 124 valence electrons. The summed E-state index contributed by atoms with van der Waals surface area (Å²) in [5.41, 5.74) is 1.07. The van der Waals surface area contributed by atoms with Gasteiger partial charge in [0.2, 0.25) is 10.0 Å². The number of nitro groups is 1.